The summed E-state index contributed by atoms with van der Waals surface area (Å²) in [6, 6.07) is 5.18. The fourth-order valence-electron chi connectivity index (χ4n) is 1.61. The van der Waals surface area contributed by atoms with Crippen molar-refractivity contribution in [3.8, 4) is 5.75 Å². The monoisotopic (exact) mass is 331 g/mol. The normalized spacial score (nSPS) is 11.6. The minimum absolute atomic E-state index is 0.0367. The SMILES string of the molecule is FC(F)(F)Oc1cccc(Nc2nc3nonc3nc2Cl)c1. The molecule has 11 heteroatoms. The van der Waals surface area contributed by atoms with E-state index < -0.39 is 6.36 Å². The molecule has 2 aromatic heterocycles. The van der Waals surface area contributed by atoms with Gasteiger partial charge in [-0.25, -0.2) is 14.6 Å². The molecule has 1 aromatic carbocycles. The van der Waals surface area contributed by atoms with Crippen molar-refractivity contribution in [2.24, 2.45) is 0 Å². The van der Waals surface area contributed by atoms with Gasteiger partial charge in [0, 0.05) is 11.8 Å². The summed E-state index contributed by atoms with van der Waals surface area (Å²) >= 11 is 5.90. The molecule has 0 aliphatic heterocycles. The highest BCUT2D eigenvalue weighted by molar-refractivity contribution is 6.32. The van der Waals surface area contributed by atoms with Crippen LogP contribution >= 0.6 is 11.6 Å². The molecule has 0 radical (unpaired) electrons. The third-order valence-electron chi connectivity index (χ3n) is 2.40. The molecule has 7 nitrogen and oxygen atoms in total. The maximum absolute atomic E-state index is 12.2. The summed E-state index contributed by atoms with van der Waals surface area (Å²) in [4.78, 5) is 7.87. The summed E-state index contributed by atoms with van der Waals surface area (Å²) in [7, 11) is 0. The predicted molar refractivity (Wildman–Crippen MR) is 68.8 cm³/mol. The standard InChI is InChI=1S/C11H5ClF3N5O2/c12-7-8(18-10-9(17-7)19-22-20-10)16-5-2-1-3-6(4-5)21-11(13,14)15/h1-4H,(H,16,18,20). The van der Waals surface area contributed by atoms with Gasteiger partial charge in [0.15, 0.2) is 11.0 Å². The van der Waals surface area contributed by atoms with E-state index in [1.165, 1.54) is 12.1 Å². The summed E-state index contributed by atoms with van der Waals surface area (Å²) in [6.45, 7) is 0. The highest BCUT2D eigenvalue weighted by Gasteiger charge is 2.31. The summed E-state index contributed by atoms with van der Waals surface area (Å²) in [5, 5.41) is 9.64. The summed E-state index contributed by atoms with van der Waals surface area (Å²) in [5.74, 6) is -0.292. The van der Waals surface area contributed by atoms with E-state index in [9.17, 15) is 13.2 Å². The van der Waals surface area contributed by atoms with E-state index in [1.807, 2.05) is 0 Å². The van der Waals surface area contributed by atoms with Crippen LogP contribution < -0.4 is 10.1 Å². The number of nitrogens with zero attached hydrogens (tertiary/aromatic N) is 4. The van der Waals surface area contributed by atoms with Crippen LogP contribution in [0.15, 0.2) is 28.9 Å². The van der Waals surface area contributed by atoms with E-state index in [0.29, 0.717) is 0 Å². The third-order valence-corrected chi connectivity index (χ3v) is 2.67. The van der Waals surface area contributed by atoms with Crippen LogP contribution in [0.3, 0.4) is 0 Å². The van der Waals surface area contributed by atoms with Crippen LogP contribution in [0, 0.1) is 0 Å². The molecule has 0 saturated carbocycles. The van der Waals surface area contributed by atoms with Crippen LogP contribution in [-0.2, 0) is 0 Å². The van der Waals surface area contributed by atoms with Gasteiger partial charge in [0.25, 0.3) is 0 Å². The molecule has 0 unspecified atom stereocenters. The Morgan fingerprint density at radius 1 is 1.14 bits per heavy atom. The molecule has 0 bridgehead atoms. The van der Waals surface area contributed by atoms with Gasteiger partial charge in [0.05, 0.1) is 0 Å². The molecular weight excluding hydrogens is 327 g/mol. The first-order chi connectivity index (χ1) is 10.4. The smallest absolute Gasteiger partial charge is 0.406 e. The Morgan fingerprint density at radius 3 is 2.59 bits per heavy atom. The van der Waals surface area contributed by atoms with Crippen LogP contribution in [0.2, 0.25) is 5.15 Å². The van der Waals surface area contributed by atoms with Crippen molar-refractivity contribution >= 4 is 34.4 Å². The Bertz CT molecular complexity index is 823. The maximum atomic E-state index is 12.2. The molecule has 3 rings (SSSR count). The second-order valence-electron chi connectivity index (χ2n) is 3.98. The topological polar surface area (TPSA) is 86.0 Å². The molecular formula is C11H5ClF3N5O2. The molecule has 0 spiro atoms. The molecule has 1 N–H and O–H groups in total. The van der Waals surface area contributed by atoms with Crippen LogP contribution in [0.4, 0.5) is 24.7 Å². The number of nitrogens with one attached hydrogen (secondary N) is 1. The first-order valence-corrected chi connectivity index (χ1v) is 6.07. The van der Waals surface area contributed by atoms with Gasteiger partial charge in [-0.1, -0.05) is 17.7 Å². The maximum Gasteiger partial charge on any atom is 0.573 e. The van der Waals surface area contributed by atoms with Crippen LogP contribution in [0.1, 0.15) is 0 Å². The van der Waals surface area contributed by atoms with Crippen molar-refractivity contribution in [2.75, 3.05) is 5.32 Å². The molecule has 0 aliphatic carbocycles. The fourth-order valence-corrected chi connectivity index (χ4v) is 1.77. The van der Waals surface area contributed by atoms with Crippen molar-refractivity contribution in [1.82, 2.24) is 20.3 Å². The van der Waals surface area contributed by atoms with Crippen molar-refractivity contribution in [3.05, 3.63) is 29.4 Å². The van der Waals surface area contributed by atoms with Crippen LogP contribution in [-0.4, -0.2) is 26.6 Å². The Hall–Kier alpha value is -2.62. The summed E-state index contributed by atoms with van der Waals surface area (Å²) < 4.78 is 44.8. The van der Waals surface area contributed by atoms with Gasteiger partial charge < -0.3 is 10.1 Å². The number of aromatic nitrogens is 4. The number of ether oxygens (including phenoxy) is 1. The second-order valence-corrected chi connectivity index (χ2v) is 4.33. The number of benzene rings is 1. The summed E-state index contributed by atoms with van der Waals surface area (Å²) in [5.41, 5.74) is 0.494. The second kappa shape index (κ2) is 5.30. The highest BCUT2D eigenvalue weighted by atomic mass is 35.5. The van der Waals surface area contributed by atoms with Gasteiger partial charge in [0.2, 0.25) is 11.3 Å². The number of anilines is 2. The first-order valence-electron chi connectivity index (χ1n) is 5.69. The minimum atomic E-state index is -4.78. The number of hydrogen-bond donors (Lipinski definition) is 1. The molecule has 2 heterocycles. The largest absolute Gasteiger partial charge is 0.573 e. The number of hydrogen-bond acceptors (Lipinski definition) is 7. The predicted octanol–water partition coefficient (Wildman–Crippen LogP) is 3.31. The van der Waals surface area contributed by atoms with Gasteiger partial charge in [-0.3, -0.25) is 0 Å². The van der Waals surface area contributed by atoms with E-state index in [0.717, 1.165) is 12.1 Å². The lowest BCUT2D eigenvalue weighted by atomic mass is 10.3. The quantitative estimate of drug-likeness (QED) is 0.787. The number of halogens is 4. The van der Waals surface area contributed by atoms with Gasteiger partial charge in [-0.2, -0.15) is 0 Å². The molecule has 0 amide bonds. The Morgan fingerprint density at radius 2 is 1.86 bits per heavy atom. The lowest BCUT2D eigenvalue weighted by Crippen LogP contribution is -2.17. The highest BCUT2D eigenvalue weighted by Crippen LogP contribution is 2.28. The van der Waals surface area contributed by atoms with Gasteiger partial charge in [0.1, 0.15) is 5.75 Å². The first kappa shape index (κ1) is 14.3. The molecule has 0 fully saturated rings. The van der Waals surface area contributed by atoms with E-state index >= 15 is 0 Å². The minimum Gasteiger partial charge on any atom is -0.406 e. The molecule has 3 aromatic rings. The zero-order chi connectivity index (χ0) is 15.7. The average molecular weight is 332 g/mol. The van der Waals surface area contributed by atoms with Gasteiger partial charge in [-0.05, 0) is 22.4 Å². The van der Waals surface area contributed by atoms with Crippen molar-refractivity contribution in [1.29, 1.82) is 0 Å². The lowest BCUT2D eigenvalue weighted by molar-refractivity contribution is -0.274. The fraction of sp³-hybridized carbons (Fsp3) is 0.0909. The lowest BCUT2D eigenvalue weighted by Gasteiger charge is -2.11. The zero-order valence-corrected chi connectivity index (χ0v) is 11.2. The van der Waals surface area contributed by atoms with Crippen molar-refractivity contribution in [3.63, 3.8) is 0 Å². The number of rotatable bonds is 3. The molecule has 0 saturated heterocycles. The summed E-state index contributed by atoms with van der Waals surface area (Å²) in [6.07, 6.45) is -4.78. The molecule has 0 aliphatic rings. The average Bonchev–Trinajstić information content (AvgIpc) is 2.84. The van der Waals surface area contributed by atoms with Crippen LogP contribution in [0.5, 0.6) is 5.75 Å². The molecule has 0 atom stereocenters. The Kier molecular flexibility index (Phi) is 3.45. The number of alkyl halides is 3. The molecule has 114 valence electrons. The van der Waals surface area contributed by atoms with Gasteiger partial charge >= 0.3 is 6.36 Å². The van der Waals surface area contributed by atoms with E-state index in [2.05, 4.69) is 35.0 Å². The Labute approximate surface area is 125 Å². The van der Waals surface area contributed by atoms with E-state index in [-0.39, 0.29) is 33.7 Å². The van der Waals surface area contributed by atoms with Crippen molar-refractivity contribution in [2.45, 2.75) is 6.36 Å². The number of fused-ring (bicyclic) bond motifs is 1. The van der Waals surface area contributed by atoms with Crippen LogP contribution in [0.25, 0.3) is 11.3 Å². The third kappa shape index (κ3) is 3.17. The van der Waals surface area contributed by atoms with Gasteiger partial charge in [-0.15, -0.1) is 13.2 Å². The van der Waals surface area contributed by atoms with Crippen molar-refractivity contribution < 1.29 is 22.5 Å². The molecule has 22 heavy (non-hydrogen) atoms. The van der Waals surface area contributed by atoms with E-state index in [1.54, 1.807) is 0 Å². The Balaban J connectivity index is 1.88. The zero-order valence-electron chi connectivity index (χ0n) is 10.4. The van der Waals surface area contributed by atoms with E-state index in [4.69, 9.17) is 11.6 Å².